The number of carbonyl (C=O) groups is 3. The summed E-state index contributed by atoms with van der Waals surface area (Å²) < 4.78 is 4.72. The molecule has 2 amide bonds. The van der Waals surface area contributed by atoms with Gasteiger partial charge in [-0.15, -0.1) is 0 Å². The van der Waals surface area contributed by atoms with Gasteiger partial charge in [0.05, 0.1) is 30.9 Å². The molecule has 1 aliphatic rings. The summed E-state index contributed by atoms with van der Waals surface area (Å²) in [5.74, 6) is -2.19. The van der Waals surface area contributed by atoms with Gasteiger partial charge in [-0.25, -0.2) is 4.79 Å². The van der Waals surface area contributed by atoms with E-state index >= 15 is 0 Å². The van der Waals surface area contributed by atoms with Gasteiger partial charge >= 0.3 is 5.97 Å². The molecule has 1 aliphatic heterocycles. The van der Waals surface area contributed by atoms with Crippen LogP contribution in [0.2, 0.25) is 0 Å². The number of esters is 1. The molecule has 0 aromatic heterocycles. The van der Waals surface area contributed by atoms with E-state index in [9.17, 15) is 24.5 Å². The molecule has 25 heavy (non-hydrogen) atoms. The SMILES string of the molecule is COC(=O)c1cc(NC2=CC(=O)N(CCO)C2=O)c(Br)cc1[N+](=O)[O-]. The number of nitrogens with zero attached hydrogens (tertiary/aromatic N) is 2. The second-order valence-corrected chi connectivity index (χ2v) is 5.65. The average Bonchev–Trinajstić information content (AvgIpc) is 2.83. The number of benzene rings is 1. The summed E-state index contributed by atoms with van der Waals surface area (Å²) in [5, 5.41) is 22.6. The van der Waals surface area contributed by atoms with Crippen molar-refractivity contribution in [3.05, 3.63) is 44.1 Å². The molecule has 132 valence electrons. The van der Waals surface area contributed by atoms with Gasteiger partial charge in [0.1, 0.15) is 11.3 Å². The van der Waals surface area contributed by atoms with Gasteiger partial charge in [-0.2, -0.15) is 0 Å². The van der Waals surface area contributed by atoms with Gasteiger partial charge in [0.2, 0.25) is 0 Å². The quantitative estimate of drug-likeness (QED) is 0.302. The lowest BCUT2D eigenvalue weighted by Crippen LogP contribution is -2.34. The number of nitro groups is 1. The third kappa shape index (κ3) is 3.67. The number of methoxy groups -OCH3 is 1. The van der Waals surface area contributed by atoms with Gasteiger partial charge < -0.3 is 15.2 Å². The number of β-amino-alcohol motifs (C(OH)–C–C–N with tert-alkyl or cyclic N) is 1. The molecule has 0 unspecified atom stereocenters. The van der Waals surface area contributed by atoms with Gasteiger partial charge in [-0.3, -0.25) is 24.6 Å². The summed E-state index contributed by atoms with van der Waals surface area (Å²) in [7, 11) is 1.08. The molecule has 2 N–H and O–H groups in total. The Morgan fingerprint density at radius 1 is 1.44 bits per heavy atom. The maximum absolute atomic E-state index is 12.1. The predicted molar refractivity (Wildman–Crippen MR) is 87.6 cm³/mol. The molecule has 0 fully saturated rings. The van der Waals surface area contributed by atoms with Crippen molar-refractivity contribution in [1.29, 1.82) is 0 Å². The van der Waals surface area contributed by atoms with Crippen molar-refractivity contribution in [3.8, 4) is 0 Å². The fraction of sp³-hybridized carbons (Fsp3) is 0.214. The Bertz CT molecular complexity index is 806. The first kappa shape index (κ1) is 18.5. The first-order valence-corrected chi connectivity index (χ1v) is 7.61. The highest BCUT2D eigenvalue weighted by Crippen LogP contribution is 2.33. The van der Waals surface area contributed by atoms with Crippen LogP contribution in [-0.2, 0) is 14.3 Å². The van der Waals surface area contributed by atoms with Gasteiger partial charge in [0.15, 0.2) is 0 Å². The minimum atomic E-state index is -0.924. The van der Waals surface area contributed by atoms with E-state index in [1.165, 1.54) is 0 Å². The first-order valence-electron chi connectivity index (χ1n) is 6.81. The van der Waals surface area contributed by atoms with Crippen LogP contribution in [0.25, 0.3) is 0 Å². The molecule has 0 radical (unpaired) electrons. The Morgan fingerprint density at radius 2 is 2.12 bits per heavy atom. The maximum Gasteiger partial charge on any atom is 0.344 e. The number of amides is 2. The predicted octanol–water partition coefficient (Wildman–Crippen LogP) is 0.801. The third-order valence-corrected chi connectivity index (χ3v) is 3.95. The van der Waals surface area contributed by atoms with E-state index in [2.05, 4.69) is 26.0 Å². The van der Waals surface area contributed by atoms with Crippen molar-refractivity contribution in [3.63, 3.8) is 0 Å². The molecule has 0 spiro atoms. The number of rotatable bonds is 6. The lowest BCUT2D eigenvalue weighted by Gasteiger charge is -2.14. The molecular formula is C14H12BrN3O7. The number of hydrogen-bond acceptors (Lipinski definition) is 8. The average molecular weight is 414 g/mol. The normalized spacial score (nSPS) is 13.7. The van der Waals surface area contributed by atoms with Gasteiger partial charge in [0.25, 0.3) is 17.5 Å². The molecule has 10 nitrogen and oxygen atoms in total. The highest BCUT2D eigenvalue weighted by Gasteiger charge is 2.31. The number of aliphatic hydroxyl groups is 1. The molecule has 0 saturated carbocycles. The number of hydrogen-bond donors (Lipinski definition) is 2. The molecular weight excluding hydrogens is 402 g/mol. The summed E-state index contributed by atoms with van der Waals surface area (Å²) in [6, 6.07) is 2.23. The molecule has 11 heteroatoms. The van der Waals surface area contributed by atoms with Crippen molar-refractivity contribution in [2.45, 2.75) is 0 Å². The fourth-order valence-electron chi connectivity index (χ4n) is 2.14. The monoisotopic (exact) mass is 413 g/mol. The smallest absolute Gasteiger partial charge is 0.344 e. The lowest BCUT2D eigenvalue weighted by molar-refractivity contribution is -0.385. The summed E-state index contributed by atoms with van der Waals surface area (Å²) in [5.41, 5.74) is -0.732. The summed E-state index contributed by atoms with van der Waals surface area (Å²) in [6.07, 6.45) is 1.03. The third-order valence-electron chi connectivity index (χ3n) is 3.29. The van der Waals surface area contributed by atoms with E-state index in [0.717, 1.165) is 30.2 Å². The highest BCUT2D eigenvalue weighted by atomic mass is 79.9. The zero-order valence-electron chi connectivity index (χ0n) is 12.8. The summed E-state index contributed by atoms with van der Waals surface area (Å²) >= 11 is 3.11. The van der Waals surface area contributed by atoms with Crippen molar-refractivity contribution in [2.24, 2.45) is 0 Å². The van der Waals surface area contributed by atoms with Crippen LogP contribution >= 0.6 is 15.9 Å². The van der Waals surface area contributed by atoms with Crippen LogP contribution in [0.15, 0.2) is 28.4 Å². The molecule has 1 heterocycles. The molecule has 0 atom stereocenters. The number of nitro benzene ring substituents is 1. The van der Waals surface area contributed by atoms with Crippen LogP contribution in [0.1, 0.15) is 10.4 Å². The number of anilines is 1. The molecule has 1 aromatic carbocycles. The minimum absolute atomic E-state index is 0.0937. The second-order valence-electron chi connectivity index (χ2n) is 4.80. The minimum Gasteiger partial charge on any atom is -0.465 e. The van der Waals surface area contributed by atoms with E-state index < -0.39 is 28.4 Å². The number of ether oxygens (including phenoxy) is 1. The Hall–Kier alpha value is -2.79. The van der Waals surface area contributed by atoms with Gasteiger partial charge in [-0.05, 0) is 22.0 Å². The van der Waals surface area contributed by atoms with Crippen LogP contribution in [0.5, 0.6) is 0 Å². The zero-order valence-corrected chi connectivity index (χ0v) is 14.4. The van der Waals surface area contributed by atoms with Crippen LogP contribution in [0.4, 0.5) is 11.4 Å². The van der Waals surface area contributed by atoms with Crippen LogP contribution < -0.4 is 5.32 Å². The van der Waals surface area contributed by atoms with E-state index in [1.54, 1.807) is 0 Å². The molecule has 2 rings (SSSR count). The van der Waals surface area contributed by atoms with E-state index in [0.29, 0.717) is 0 Å². The highest BCUT2D eigenvalue weighted by molar-refractivity contribution is 9.10. The van der Waals surface area contributed by atoms with Gasteiger partial charge in [0, 0.05) is 16.6 Å². The zero-order chi connectivity index (χ0) is 18.7. The standard InChI is InChI=1S/C14H12BrN3O7/c1-25-14(22)7-4-9(8(15)5-11(7)18(23)24)16-10-6-12(20)17(2-3-19)13(10)21/h4-6,16,19H,2-3H2,1H3. The fourth-order valence-corrected chi connectivity index (χ4v) is 2.57. The Labute approximate surface area is 149 Å². The number of nitrogens with one attached hydrogen (secondary N) is 1. The van der Waals surface area contributed by atoms with Gasteiger partial charge in [-0.1, -0.05) is 0 Å². The summed E-state index contributed by atoms with van der Waals surface area (Å²) in [6.45, 7) is -0.541. The van der Waals surface area contributed by atoms with E-state index in [1.807, 2.05) is 0 Å². The first-order chi connectivity index (χ1) is 11.8. The van der Waals surface area contributed by atoms with E-state index in [-0.39, 0.29) is 34.6 Å². The maximum atomic E-state index is 12.1. The van der Waals surface area contributed by atoms with Crippen LogP contribution in [-0.4, -0.2) is 53.0 Å². The summed E-state index contributed by atoms with van der Waals surface area (Å²) in [4.78, 5) is 46.8. The van der Waals surface area contributed by atoms with Crippen molar-refractivity contribution in [1.82, 2.24) is 4.90 Å². The molecule has 0 saturated heterocycles. The Morgan fingerprint density at radius 3 is 2.68 bits per heavy atom. The number of carbonyl (C=O) groups excluding carboxylic acids is 3. The van der Waals surface area contributed by atoms with Crippen LogP contribution in [0, 0.1) is 10.1 Å². The Kier molecular flexibility index (Phi) is 5.49. The topological polar surface area (TPSA) is 139 Å². The number of aliphatic hydroxyl groups excluding tert-OH is 1. The van der Waals surface area contributed by atoms with Crippen molar-refractivity contribution in [2.75, 3.05) is 25.6 Å². The lowest BCUT2D eigenvalue weighted by atomic mass is 10.1. The Balaban J connectivity index is 2.39. The molecule has 0 bridgehead atoms. The number of imide groups is 1. The van der Waals surface area contributed by atoms with E-state index in [4.69, 9.17) is 5.11 Å². The molecule has 1 aromatic rings. The van der Waals surface area contributed by atoms with Crippen molar-refractivity contribution >= 4 is 45.1 Å². The van der Waals surface area contributed by atoms with Crippen molar-refractivity contribution < 1.29 is 29.2 Å². The molecule has 0 aliphatic carbocycles. The number of halogens is 1. The second kappa shape index (κ2) is 7.40. The van der Waals surface area contributed by atoms with Crippen LogP contribution in [0.3, 0.4) is 0 Å². The largest absolute Gasteiger partial charge is 0.465 e.